The standard InChI is InChI=1S/C8H17N3O/c1-7(12)9-10-8-3-5-11(2)6-4-8/h8,10H,3-6H2,1-2H3,(H,9,12). The summed E-state index contributed by atoms with van der Waals surface area (Å²) in [6.07, 6.45) is 2.22. The van der Waals surface area contributed by atoms with E-state index < -0.39 is 0 Å². The smallest absolute Gasteiger partial charge is 0.230 e. The van der Waals surface area contributed by atoms with Crippen LogP contribution in [0.3, 0.4) is 0 Å². The maximum Gasteiger partial charge on any atom is 0.230 e. The molecule has 1 aliphatic rings. The van der Waals surface area contributed by atoms with Crippen LogP contribution in [-0.4, -0.2) is 37.0 Å². The molecule has 1 amide bonds. The number of amides is 1. The molecule has 0 spiro atoms. The highest BCUT2D eigenvalue weighted by Gasteiger charge is 2.15. The average molecular weight is 171 g/mol. The van der Waals surface area contributed by atoms with Crippen molar-refractivity contribution in [3.63, 3.8) is 0 Å². The molecule has 1 fully saturated rings. The van der Waals surface area contributed by atoms with Gasteiger partial charge in [0.2, 0.25) is 5.91 Å². The van der Waals surface area contributed by atoms with Crippen LogP contribution in [0.25, 0.3) is 0 Å². The third-order valence-electron chi connectivity index (χ3n) is 2.17. The summed E-state index contributed by atoms with van der Waals surface area (Å²) in [5, 5.41) is 0. The molecule has 0 saturated carbocycles. The first-order valence-electron chi connectivity index (χ1n) is 4.39. The van der Waals surface area contributed by atoms with Crippen molar-refractivity contribution in [1.29, 1.82) is 0 Å². The Hall–Kier alpha value is -0.610. The number of rotatable bonds is 2. The van der Waals surface area contributed by atoms with E-state index in [1.807, 2.05) is 0 Å². The van der Waals surface area contributed by atoms with Gasteiger partial charge in [-0.1, -0.05) is 0 Å². The van der Waals surface area contributed by atoms with Crippen molar-refractivity contribution in [2.24, 2.45) is 0 Å². The van der Waals surface area contributed by atoms with E-state index in [1.165, 1.54) is 6.92 Å². The van der Waals surface area contributed by atoms with E-state index in [2.05, 4.69) is 22.8 Å². The molecule has 0 radical (unpaired) electrons. The third kappa shape index (κ3) is 3.19. The summed E-state index contributed by atoms with van der Waals surface area (Å²) in [6, 6.07) is 0.449. The van der Waals surface area contributed by atoms with Crippen molar-refractivity contribution in [2.45, 2.75) is 25.8 Å². The van der Waals surface area contributed by atoms with Crippen LogP contribution in [0.15, 0.2) is 0 Å². The number of carbonyl (C=O) groups is 1. The van der Waals surface area contributed by atoms with Gasteiger partial charge in [-0.3, -0.25) is 10.2 Å². The lowest BCUT2D eigenvalue weighted by molar-refractivity contribution is -0.120. The first-order chi connectivity index (χ1) is 5.68. The molecule has 0 unspecified atom stereocenters. The molecular formula is C8H17N3O. The summed E-state index contributed by atoms with van der Waals surface area (Å²) in [5.74, 6) is -0.0195. The SMILES string of the molecule is CC(=O)NNC1CCN(C)CC1. The van der Waals surface area contributed by atoms with E-state index in [0.717, 1.165) is 25.9 Å². The summed E-state index contributed by atoms with van der Waals surface area (Å²) in [7, 11) is 2.12. The predicted molar refractivity (Wildman–Crippen MR) is 47.5 cm³/mol. The van der Waals surface area contributed by atoms with E-state index in [9.17, 15) is 4.79 Å². The zero-order chi connectivity index (χ0) is 8.97. The van der Waals surface area contributed by atoms with Crippen molar-refractivity contribution >= 4 is 5.91 Å². The maximum atomic E-state index is 10.6. The molecule has 0 atom stereocenters. The highest BCUT2D eigenvalue weighted by atomic mass is 16.2. The first kappa shape index (κ1) is 9.48. The summed E-state index contributed by atoms with van der Waals surface area (Å²) >= 11 is 0. The summed E-state index contributed by atoms with van der Waals surface area (Å²) in [5.41, 5.74) is 5.64. The van der Waals surface area contributed by atoms with Crippen LogP contribution in [-0.2, 0) is 4.79 Å². The molecule has 0 aromatic rings. The van der Waals surface area contributed by atoms with Gasteiger partial charge in [-0.2, -0.15) is 0 Å². The van der Waals surface area contributed by atoms with E-state index in [4.69, 9.17) is 0 Å². The summed E-state index contributed by atoms with van der Waals surface area (Å²) in [4.78, 5) is 12.9. The molecule has 4 nitrogen and oxygen atoms in total. The maximum absolute atomic E-state index is 10.6. The van der Waals surface area contributed by atoms with Crippen LogP contribution >= 0.6 is 0 Å². The number of hydrogen-bond acceptors (Lipinski definition) is 3. The number of likely N-dealkylation sites (tertiary alicyclic amines) is 1. The van der Waals surface area contributed by atoms with Gasteiger partial charge in [-0.15, -0.1) is 0 Å². The number of carbonyl (C=O) groups excluding carboxylic acids is 1. The molecular weight excluding hydrogens is 154 g/mol. The molecule has 70 valence electrons. The number of hydrogen-bond donors (Lipinski definition) is 2. The van der Waals surface area contributed by atoms with Crippen LogP contribution in [0, 0.1) is 0 Å². The quantitative estimate of drug-likeness (QED) is 0.562. The lowest BCUT2D eigenvalue weighted by atomic mass is 10.1. The topological polar surface area (TPSA) is 44.4 Å². The molecule has 0 aliphatic carbocycles. The number of piperidine rings is 1. The second kappa shape index (κ2) is 4.42. The molecule has 4 heteroatoms. The minimum atomic E-state index is -0.0195. The third-order valence-corrected chi connectivity index (χ3v) is 2.17. The van der Waals surface area contributed by atoms with Crippen LogP contribution in [0.5, 0.6) is 0 Å². The van der Waals surface area contributed by atoms with E-state index >= 15 is 0 Å². The molecule has 1 aliphatic heterocycles. The lowest BCUT2D eigenvalue weighted by Gasteiger charge is -2.29. The van der Waals surface area contributed by atoms with Gasteiger partial charge in [-0.25, -0.2) is 5.43 Å². The molecule has 0 aromatic carbocycles. The van der Waals surface area contributed by atoms with E-state index in [1.54, 1.807) is 0 Å². The van der Waals surface area contributed by atoms with Gasteiger partial charge >= 0.3 is 0 Å². The Labute approximate surface area is 73.3 Å². The Bertz CT molecular complexity index is 152. The number of nitrogens with zero attached hydrogens (tertiary/aromatic N) is 1. The predicted octanol–water partition coefficient (Wildman–Crippen LogP) is -0.279. The molecule has 1 heterocycles. The zero-order valence-electron chi connectivity index (χ0n) is 7.76. The zero-order valence-corrected chi connectivity index (χ0v) is 7.76. The fourth-order valence-corrected chi connectivity index (χ4v) is 1.36. The summed E-state index contributed by atoms with van der Waals surface area (Å²) < 4.78 is 0. The number of hydrazine groups is 1. The van der Waals surface area contributed by atoms with Gasteiger partial charge in [0, 0.05) is 13.0 Å². The normalized spacial score (nSPS) is 20.8. The average Bonchev–Trinajstić information content (AvgIpc) is 2.03. The lowest BCUT2D eigenvalue weighted by Crippen LogP contribution is -2.48. The minimum Gasteiger partial charge on any atom is -0.306 e. The number of nitrogens with one attached hydrogen (secondary N) is 2. The molecule has 0 aromatic heterocycles. The molecule has 1 saturated heterocycles. The van der Waals surface area contributed by atoms with Crippen LogP contribution in [0.2, 0.25) is 0 Å². The summed E-state index contributed by atoms with van der Waals surface area (Å²) in [6.45, 7) is 3.73. The fourth-order valence-electron chi connectivity index (χ4n) is 1.36. The first-order valence-corrected chi connectivity index (χ1v) is 4.39. The van der Waals surface area contributed by atoms with Gasteiger partial charge in [0.1, 0.15) is 0 Å². The minimum absolute atomic E-state index is 0.0195. The Morgan fingerprint density at radius 2 is 2.00 bits per heavy atom. The molecule has 0 bridgehead atoms. The molecule has 2 N–H and O–H groups in total. The van der Waals surface area contributed by atoms with Gasteiger partial charge in [0.05, 0.1) is 0 Å². The largest absolute Gasteiger partial charge is 0.306 e. The van der Waals surface area contributed by atoms with Crippen molar-refractivity contribution in [2.75, 3.05) is 20.1 Å². The van der Waals surface area contributed by atoms with Crippen molar-refractivity contribution in [1.82, 2.24) is 15.8 Å². The van der Waals surface area contributed by atoms with Crippen LogP contribution in [0.4, 0.5) is 0 Å². The van der Waals surface area contributed by atoms with E-state index in [0.29, 0.717) is 6.04 Å². The molecule has 12 heavy (non-hydrogen) atoms. The monoisotopic (exact) mass is 171 g/mol. The Morgan fingerprint density at radius 3 is 2.50 bits per heavy atom. The molecule has 1 rings (SSSR count). The van der Waals surface area contributed by atoms with Gasteiger partial charge in [0.15, 0.2) is 0 Å². The van der Waals surface area contributed by atoms with Gasteiger partial charge < -0.3 is 4.90 Å². The second-order valence-corrected chi connectivity index (χ2v) is 3.40. The van der Waals surface area contributed by atoms with Gasteiger partial charge in [-0.05, 0) is 33.0 Å². The highest BCUT2D eigenvalue weighted by Crippen LogP contribution is 2.06. The van der Waals surface area contributed by atoms with Crippen molar-refractivity contribution in [3.05, 3.63) is 0 Å². The van der Waals surface area contributed by atoms with Gasteiger partial charge in [0.25, 0.3) is 0 Å². The Kier molecular flexibility index (Phi) is 3.49. The van der Waals surface area contributed by atoms with E-state index in [-0.39, 0.29) is 5.91 Å². The Morgan fingerprint density at radius 1 is 1.42 bits per heavy atom. The van der Waals surface area contributed by atoms with Crippen molar-refractivity contribution in [3.8, 4) is 0 Å². The van der Waals surface area contributed by atoms with Crippen molar-refractivity contribution < 1.29 is 4.79 Å². The van der Waals surface area contributed by atoms with Crippen LogP contribution in [0.1, 0.15) is 19.8 Å². The fraction of sp³-hybridized carbons (Fsp3) is 0.875. The highest BCUT2D eigenvalue weighted by molar-refractivity contribution is 5.72. The Balaban J connectivity index is 2.13. The second-order valence-electron chi connectivity index (χ2n) is 3.40. The van der Waals surface area contributed by atoms with Crippen LogP contribution < -0.4 is 10.9 Å².